The molecule has 32 heavy (non-hydrogen) atoms. The average molecular weight is 479 g/mol. The number of benzene rings is 1. The topological polar surface area (TPSA) is 87.8 Å². The first-order valence-electron chi connectivity index (χ1n) is 9.66. The van der Waals surface area contributed by atoms with E-state index in [9.17, 15) is 9.59 Å². The number of anilines is 1. The molecule has 4 aromatic rings. The first-order valence-corrected chi connectivity index (χ1v) is 12.4. The number of amides is 1. The van der Waals surface area contributed by atoms with Crippen LogP contribution in [0.3, 0.4) is 0 Å². The molecule has 3 aromatic heterocycles. The summed E-state index contributed by atoms with van der Waals surface area (Å²) in [6.45, 7) is 4.07. The molecule has 0 unspecified atom stereocenters. The highest BCUT2D eigenvalue weighted by Crippen LogP contribution is 2.34. The van der Waals surface area contributed by atoms with Crippen LogP contribution in [-0.2, 0) is 17.8 Å². The molecule has 0 aliphatic rings. The molecular formula is C23H18N4O2S3. The molecule has 1 amide bonds. The first kappa shape index (κ1) is 22.0. The molecular weight excluding hydrogens is 460 g/mol. The number of fused-ring (bicyclic) bond motifs is 1. The number of aromatic nitrogens is 2. The van der Waals surface area contributed by atoms with Gasteiger partial charge in [0.1, 0.15) is 4.83 Å². The van der Waals surface area contributed by atoms with Crippen molar-refractivity contribution < 1.29 is 4.79 Å². The number of thioether (sulfide) groups is 1. The summed E-state index contributed by atoms with van der Waals surface area (Å²) in [7, 11) is 0. The number of hydrogen-bond acceptors (Lipinski definition) is 7. The molecule has 9 heteroatoms. The van der Waals surface area contributed by atoms with Crippen molar-refractivity contribution in [1.29, 1.82) is 5.26 Å². The quantitative estimate of drug-likeness (QED) is 0.214. The Labute approximate surface area is 196 Å². The van der Waals surface area contributed by atoms with Crippen LogP contribution >= 0.6 is 34.4 Å². The Kier molecular flexibility index (Phi) is 6.85. The number of nitrogens with zero attached hydrogens (tertiary/aromatic N) is 3. The maximum atomic E-state index is 13.3. The Hall–Kier alpha value is -3.19. The lowest BCUT2D eigenvalue weighted by molar-refractivity contribution is -0.113. The van der Waals surface area contributed by atoms with Crippen LogP contribution in [0.15, 0.2) is 69.8 Å². The molecule has 0 spiro atoms. The molecule has 0 aliphatic carbocycles. The van der Waals surface area contributed by atoms with Gasteiger partial charge in [0.05, 0.1) is 23.6 Å². The highest BCUT2D eigenvalue weighted by molar-refractivity contribution is 7.99. The van der Waals surface area contributed by atoms with Crippen molar-refractivity contribution in [2.24, 2.45) is 0 Å². The average Bonchev–Trinajstić information content (AvgIpc) is 3.46. The molecule has 0 radical (unpaired) electrons. The smallest absolute Gasteiger partial charge is 0.263 e. The van der Waals surface area contributed by atoms with E-state index in [0.29, 0.717) is 34.0 Å². The predicted molar refractivity (Wildman–Crippen MR) is 133 cm³/mol. The molecule has 4 rings (SSSR count). The van der Waals surface area contributed by atoms with Gasteiger partial charge >= 0.3 is 0 Å². The van der Waals surface area contributed by atoms with E-state index in [0.717, 1.165) is 16.0 Å². The summed E-state index contributed by atoms with van der Waals surface area (Å²) in [4.78, 5) is 32.1. The molecule has 0 saturated heterocycles. The van der Waals surface area contributed by atoms with E-state index in [1.54, 1.807) is 34.1 Å². The Morgan fingerprint density at radius 3 is 2.78 bits per heavy atom. The van der Waals surface area contributed by atoms with Gasteiger partial charge in [0.15, 0.2) is 5.16 Å². The van der Waals surface area contributed by atoms with Crippen molar-refractivity contribution in [1.82, 2.24) is 9.55 Å². The van der Waals surface area contributed by atoms with Gasteiger partial charge in [-0.05, 0) is 29.1 Å². The molecule has 3 heterocycles. The van der Waals surface area contributed by atoms with Crippen molar-refractivity contribution in [3.8, 4) is 16.5 Å². The normalized spacial score (nSPS) is 10.7. The van der Waals surface area contributed by atoms with Gasteiger partial charge in [-0.2, -0.15) is 5.26 Å². The van der Waals surface area contributed by atoms with E-state index < -0.39 is 0 Å². The van der Waals surface area contributed by atoms with E-state index >= 15 is 0 Å². The highest BCUT2D eigenvalue weighted by atomic mass is 32.2. The van der Waals surface area contributed by atoms with Crippen LogP contribution in [0.2, 0.25) is 0 Å². The first-order chi connectivity index (χ1) is 15.6. The van der Waals surface area contributed by atoms with Gasteiger partial charge in [0.25, 0.3) is 5.56 Å². The van der Waals surface area contributed by atoms with Crippen LogP contribution in [0.5, 0.6) is 0 Å². The third-order valence-electron chi connectivity index (χ3n) is 4.61. The van der Waals surface area contributed by atoms with Crippen LogP contribution in [0.25, 0.3) is 20.7 Å². The summed E-state index contributed by atoms with van der Waals surface area (Å²) in [6.07, 6.45) is 1.98. The van der Waals surface area contributed by atoms with E-state index in [-0.39, 0.29) is 17.2 Å². The molecule has 6 nitrogen and oxygen atoms in total. The van der Waals surface area contributed by atoms with Crippen LogP contribution in [-0.4, -0.2) is 21.2 Å². The molecule has 1 N–H and O–H groups in total. The summed E-state index contributed by atoms with van der Waals surface area (Å²) in [5.74, 6) is -0.0916. The van der Waals surface area contributed by atoms with E-state index in [1.165, 1.54) is 23.1 Å². The van der Waals surface area contributed by atoms with Crippen molar-refractivity contribution in [3.05, 3.63) is 75.7 Å². The van der Waals surface area contributed by atoms with Gasteiger partial charge in [0, 0.05) is 28.1 Å². The van der Waals surface area contributed by atoms with Gasteiger partial charge in [-0.3, -0.25) is 14.2 Å². The van der Waals surface area contributed by atoms with E-state index in [1.807, 2.05) is 35.0 Å². The van der Waals surface area contributed by atoms with Crippen LogP contribution < -0.4 is 10.9 Å². The number of thiophene rings is 2. The third-order valence-corrected chi connectivity index (χ3v) is 7.36. The Morgan fingerprint density at radius 1 is 1.28 bits per heavy atom. The molecule has 0 fully saturated rings. The second kappa shape index (κ2) is 9.96. The van der Waals surface area contributed by atoms with Gasteiger partial charge in [0.2, 0.25) is 5.91 Å². The second-order valence-electron chi connectivity index (χ2n) is 6.77. The zero-order valence-corrected chi connectivity index (χ0v) is 19.4. The fraction of sp³-hybridized carbons (Fsp3) is 0.130. The number of carbonyl (C=O) groups excluding carboxylic acids is 1. The minimum absolute atomic E-state index is 0.109. The minimum Gasteiger partial charge on any atom is -0.325 e. The molecule has 0 bridgehead atoms. The molecule has 0 atom stereocenters. The summed E-state index contributed by atoms with van der Waals surface area (Å²) < 4.78 is 1.56. The number of hydrogen-bond donors (Lipinski definition) is 1. The van der Waals surface area contributed by atoms with E-state index in [2.05, 4.69) is 22.9 Å². The number of carbonyl (C=O) groups is 1. The molecule has 0 saturated carbocycles. The van der Waals surface area contributed by atoms with E-state index in [4.69, 9.17) is 5.26 Å². The summed E-state index contributed by atoms with van der Waals surface area (Å²) in [5.41, 5.74) is 2.31. The maximum absolute atomic E-state index is 13.3. The Balaban J connectivity index is 1.55. The predicted octanol–water partition coefficient (Wildman–Crippen LogP) is 5.17. The highest BCUT2D eigenvalue weighted by Gasteiger charge is 2.18. The van der Waals surface area contributed by atoms with Crippen molar-refractivity contribution in [2.45, 2.75) is 18.1 Å². The Morgan fingerprint density at radius 2 is 2.09 bits per heavy atom. The number of allylic oxidation sites excluding steroid dienone is 1. The van der Waals surface area contributed by atoms with Gasteiger partial charge in [-0.25, -0.2) is 4.98 Å². The lowest BCUT2D eigenvalue weighted by atomic mass is 10.1. The lowest BCUT2D eigenvalue weighted by Gasteiger charge is -2.11. The standard InChI is InChI=1S/C23H18N4O2S3/c1-2-11-27-22(29)20-17(18-4-3-12-30-18)13-31-21(20)26-23(27)32-14-19(28)25-16-7-5-15(6-8-16)9-10-24/h2-8,12-13H,1,9,11,14H2,(H,25,28). The lowest BCUT2D eigenvalue weighted by Crippen LogP contribution is -2.23. The Bertz CT molecular complexity index is 1360. The molecule has 1 aromatic carbocycles. The van der Waals surface area contributed by atoms with Gasteiger partial charge in [-0.1, -0.05) is 36.0 Å². The van der Waals surface area contributed by atoms with Gasteiger partial charge in [-0.15, -0.1) is 29.3 Å². The molecule has 160 valence electrons. The largest absolute Gasteiger partial charge is 0.325 e. The van der Waals surface area contributed by atoms with Crippen LogP contribution in [0, 0.1) is 11.3 Å². The van der Waals surface area contributed by atoms with Crippen LogP contribution in [0.4, 0.5) is 5.69 Å². The SMILES string of the molecule is C=CCn1c(SCC(=O)Nc2ccc(CC#N)cc2)nc2scc(-c3cccs3)c2c1=O. The number of nitrogens with one attached hydrogen (secondary N) is 1. The second-order valence-corrected chi connectivity index (χ2v) is 9.52. The summed E-state index contributed by atoms with van der Waals surface area (Å²) in [5, 5.41) is 16.6. The van der Waals surface area contributed by atoms with Crippen LogP contribution in [0.1, 0.15) is 5.56 Å². The zero-order chi connectivity index (χ0) is 22.5. The third kappa shape index (κ3) is 4.67. The molecule has 0 aliphatic heterocycles. The minimum atomic E-state index is -0.201. The monoisotopic (exact) mass is 478 g/mol. The van der Waals surface area contributed by atoms with Crippen molar-refractivity contribution >= 4 is 56.2 Å². The summed E-state index contributed by atoms with van der Waals surface area (Å²) >= 11 is 4.23. The maximum Gasteiger partial charge on any atom is 0.263 e. The van der Waals surface area contributed by atoms with Gasteiger partial charge < -0.3 is 5.32 Å². The zero-order valence-electron chi connectivity index (χ0n) is 16.9. The number of rotatable bonds is 8. The summed E-state index contributed by atoms with van der Waals surface area (Å²) in [6, 6.07) is 13.2. The van der Waals surface area contributed by atoms with Crippen molar-refractivity contribution in [3.63, 3.8) is 0 Å². The van der Waals surface area contributed by atoms with Crippen molar-refractivity contribution in [2.75, 3.05) is 11.1 Å². The fourth-order valence-electron chi connectivity index (χ4n) is 3.14. The fourth-order valence-corrected chi connectivity index (χ4v) is 5.75. The number of nitriles is 1.